The average molecular weight is 275 g/mol. The highest BCUT2D eigenvalue weighted by Crippen LogP contribution is 2.37. The molecule has 0 heterocycles. The van der Waals surface area contributed by atoms with E-state index in [0.717, 1.165) is 16.7 Å². The first-order valence-electron chi connectivity index (χ1n) is 6.39. The molecule has 0 fully saturated rings. The van der Waals surface area contributed by atoms with Crippen molar-refractivity contribution in [2.24, 2.45) is 0 Å². The molecule has 0 atom stereocenters. The van der Waals surface area contributed by atoms with E-state index >= 15 is 0 Å². The smallest absolute Gasteiger partial charge is 0.126 e. The van der Waals surface area contributed by atoms with Gasteiger partial charge in [0.05, 0.1) is 0 Å². The number of hydrogen-bond donors (Lipinski definition) is 1. The van der Waals surface area contributed by atoms with Gasteiger partial charge < -0.3 is 5.11 Å². The fourth-order valence-corrected chi connectivity index (χ4v) is 2.19. The van der Waals surface area contributed by atoms with E-state index in [4.69, 9.17) is 11.6 Å². The van der Waals surface area contributed by atoms with Gasteiger partial charge in [-0.05, 0) is 47.2 Å². The first-order valence-corrected chi connectivity index (χ1v) is 6.77. The monoisotopic (exact) mass is 274 g/mol. The number of halogens is 1. The molecule has 0 aromatic heterocycles. The Bertz CT molecular complexity index is 592. The molecule has 0 bridgehead atoms. The predicted molar refractivity (Wildman–Crippen MR) is 82.0 cm³/mol. The second kappa shape index (κ2) is 4.90. The van der Waals surface area contributed by atoms with Gasteiger partial charge in [-0.3, -0.25) is 0 Å². The first-order chi connectivity index (χ1) is 8.79. The number of rotatable bonds is 1. The highest BCUT2D eigenvalue weighted by atomic mass is 35.5. The van der Waals surface area contributed by atoms with Gasteiger partial charge in [-0.15, -0.1) is 0 Å². The summed E-state index contributed by atoms with van der Waals surface area (Å²) in [6.07, 6.45) is 0. The molecule has 0 radical (unpaired) electrons. The molecule has 0 aliphatic carbocycles. The van der Waals surface area contributed by atoms with Gasteiger partial charge in [0.2, 0.25) is 0 Å². The van der Waals surface area contributed by atoms with Crippen molar-refractivity contribution in [3.05, 3.63) is 52.5 Å². The van der Waals surface area contributed by atoms with Crippen LogP contribution in [0, 0.1) is 6.92 Å². The van der Waals surface area contributed by atoms with Crippen molar-refractivity contribution in [1.82, 2.24) is 0 Å². The Morgan fingerprint density at radius 1 is 1.00 bits per heavy atom. The molecule has 0 saturated carbocycles. The molecule has 0 saturated heterocycles. The van der Waals surface area contributed by atoms with Crippen molar-refractivity contribution in [2.45, 2.75) is 33.1 Å². The van der Waals surface area contributed by atoms with Gasteiger partial charge in [0.15, 0.2) is 0 Å². The highest BCUT2D eigenvalue weighted by Gasteiger charge is 2.18. The van der Waals surface area contributed by atoms with Crippen molar-refractivity contribution in [1.29, 1.82) is 0 Å². The summed E-state index contributed by atoms with van der Waals surface area (Å²) in [5, 5.41) is 11.0. The van der Waals surface area contributed by atoms with Crippen molar-refractivity contribution in [2.75, 3.05) is 0 Å². The van der Waals surface area contributed by atoms with Crippen LogP contribution in [0.25, 0.3) is 11.1 Å². The molecule has 0 unspecified atom stereocenters. The van der Waals surface area contributed by atoms with E-state index in [1.165, 1.54) is 5.56 Å². The summed E-state index contributed by atoms with van der Waals surface area (Å²) in [5.41, 5.74) is 4.02. The third-order valence-corrected chi connectivity index (χ3v) is 3.57. The van der Waals surface area contributed by atoms with Crippen LogP contribution in [0.1, 0.15) is 31.9 Å². The molecule has 2 aromatic rings. The van der Waals surface area contributed by atoms with Crippen LogP contribution < -0.4 is 0 Å². The van der Waals surface area contributed by atoms with Crippen molar-refractivity contribution in [3.8, 4) is 16.9 Å². The van der Waals surface area contributed by atoms with Gasteiger partial charge in [0.25, 0.3) is 0 Å². The molecule has 1 N–H and O–H groups in total. The molecule has 19 heavy (non-hydrogen) atoms. The summed E-state index contributed by atoms with van der Waals surface area (Å²) >= 11 is 5.91. The lowest BCUT2D eigenvalue weighted by Gasteiger charge is -2.22. The fraction of sp³-hybridized carbons (Fsp3) is 0.294. The SMILES string of the molecule is Cc1cc(C(C)(C)C)cc(-c2ccc(Cl)cc2)c1O. The van der Waals surface area contributed by atoms with E-state index in [1.54, 1.807) is 0 Å². The van der Waals surface area contributed by atoms with Crippen LogP contribution >= 0.6 is 11.6 Å². The van der Waals surface area contributed by atoms with Gasteiger partial charge in [0, 0.05) is 10.6 Å². The van der Waals surface area contributed by atoms with Crippen molar-refractivity contribution in [3.63, 3.8) is 0 Å². The maximum absolute atomic E-state index is 10.3. The lowest BCUT2D eigenvalue weighted by Crippen LogP contribution is -2.11. The summed E-state index contributed by atoms with van der Waals surface area (Å²) in [6.45, 7) is 8.45. The minimum absolute atomic E-state index is 0.0552. The summed E-state index contributed by atoms with van der Waals surface area (Å²) in [5.74, 6) is 0.343. The lowest BCUT2D eigenvalue weighted by molar-refractivity contribution is 0.472. The van der Waals surface area contributed by atoms with Gasteiger partial charge in [-0.2, -0.15) is 0 Å². The molecule has 2 aromatic carbocycles. The number of aromatic hydroxyl groups is 1. The second-order valence-electron chi connectivity index (χ2n) is 5.95. The van der Waals surface area contributed by atoms with E-state index < -0.39 is 0 Å². The van der Waals surface area contributed by atoms with Gasteiger partial charge >= 0.3 is 0 Å². The largest absolute Gasteiger partial charge is 0.507 e. The lowest BCUT2D eigenvalue weighted by atomic mass is 9.84. The number of benzene rings is 2. The zero-order valence-corrected chi connectivity index (χ0v) is 12.5. The minimum atomic E-state index is 0.0552. The molecule has 0 aliphatic rings. The third-order valence-electron chi connectivity index (χ3n) is 3.32. The van der Waals surface area contributed by atoms with E-state index in [1.807, 2.05) is 31.2 Å². The van der Waals surface area contributed by atoms with Crippen LogP contribution in [0.2, 0.25) is 5.02 Å². The third kappa shape index (κ3) is 2.93. The fourth-order valence-electron chi connectivity index (χ4n) is 2.06. The summed E-state index contributed by atoms with van der Waals surface area (Å²) < 4.78 is 0. The molecule has 0 spiro atoms. The van der Waals surface area contributed by atoms with Gasteiger partial charge in [0.1, 0.15) is 5.75 Å². The minimum Gasteiger partial charge on any atom is -0.507 e. The Morgan fingerprint density at radius 2 is 1.58 bits per heavy atom. The van der Waals surface area contributed by atoms with Crippen LogP contribution in [0.4, 0.5) is 0 Å². The Morgan fingerprint density at radius 3 is 2.11 bits per heavy atom. The summed E-state index contributed by atoms with van der Waals surface area (Å²) in [7, 11) is 0. The Balaban J connectivity index is 2.62. The molecule has 2 heteroatoms. The zero-order valence-electron chi connectivity index (χ0n) is 11.8. The number of hydrogen-bond acceptors (Lipinski definition) is 1. The standard InChI is InChI=1S/C17H19ClO/c1-11-9-13(17(2,3)4)10-15(16(11)19)12-5-7-14(18)8-6-12/h5-10,19H,1-4H3. The van der Waals surface area contributed by atoms with E-state index in [2.05, 4.69) is 32.9 Å². The molecular formula is C17H19ClO. The molecule has 0 amide bonds. The Kier molecular flexibility index (Phi) is 3.60. The number of phenols is 1. The zero-order chi connectivity index (χ0) is 14.2. The van der Waals surface area contributed by atoms with Crippen molar-refractivity contribution >= 4 is 11.6 Å². The van der Waals surface area contributed by atoms with E-state index in [0.29, 0.717) is 10.8 Å². The van der Waals surface area contributed by atoms with Crippen LogP contribution in [0.3, 0.4) is 0 Å². The molecular weight excluding hydrogens is 256 g/mol. The Labute approximate surface area is 119 Å². The summed E-state index contributed by atoms with van der Waals surface area (Å²) in [6, 6.07) is 11.7. The highest BCUT2D eigenvalue weighted by molar-refractivity contribution is 6.30. The summed E-state index contributed by atoms with van der Waals surface area (Å²) in [4.78, 5) is 0. The quantitative estimate of drug-likeness (QED) is 0.746. The Hall–Kier alpha value is -1.47. The van der Waals surface area contributed by atoms with Gasteiger partial charge in [-0.1, -0.05) is 50.6 Å². The second-order valence-corrected chi connectivity index (χ2v) is 6.38. The molecule has 0 aliphatic heterocycles. The topological polar surface area (TPSA) is 20.2 Å². The van der Waals surface area contributed by atoms with Gasteiger partial charge in [-0.25, -0.2) is 0 Å². The van der Waals surface area contributed by atoms with Crippen LogP contribution in [-0.2, 0) is 5.41 Å². The number of phenolic OH excluding ortho intramolecular Hbond substituents is 1. The normalized spacial score (nSPS) is 11.6. The maximum Gasteiger partial charge on any atom is 0.126 e. The van der Waals surface area contributed by atoms with E-state index in [-0.39, 0.29) is 5.41 Å². The predicted octanol–water partition coefficient (Wildman–Crippen LogP) is 5.32. The van der Waals surface area contributed by atoms with E-state index in [9.17, 15) is 5.11 Å². The molecule has 2 rings (SSSR count). The average Bonchev–Trinajstić information content (AvgIpc) is 2.32. The number of aryl methyl sites for hydroxylation is 1. The van der Waals surface area contributed by atoms with Crippen LogP contribution in [-0.4, -0.2) is 5.11 Å². The van der Waals surface area contributed by atoms with Crippen LogP contribution in [0.5, 0.6) is 5.75 Å². The van der Waals surface area contributed by atoms with Crippen molar-refractivity contribution < 1.29 is 5.11 Å². The molecule has 1 nitrogen and oxygen atoms in total. The molecule has 100 valence electrons. The van der Waals surface area contributed by atoms with Crippen LogP contribution in [0.15, 0.2) is 36.4 Å². The first kappa shape index (κ1) is 14.0. The maximum atomic E-state index is 10.3.